The second-order valence-electron chi connectivity index (χ2n) is 4.58. The van der Waals surface area contributed by atoms with Crippen LogP contribution in [0.15, 0.2) is 24.3 Å². The van der Waals surface area contributed by atoms with Crippen LogP contribution < -0.4 is 0 Å². The Morgan fingerprint density at radius 2 is 1.89 bits per heavy atom. The van der Waals surface area contributed by atoms with Gasteiger partial charge in [-0.05, 0) is 39.0 Å². The first-order chi connectivity index (χ1) is 8.70. The minimum absolute atomic E-state index is 0.0968. The Morgan fingerprint density at radius 1 is 1.11 bits per heavy atom. The predicted molar refractivity (Wildman–Crippen MR) is 77.5 cm³/mol. The number of esters is 1. The number of ether oxygens (including phenoxy) is 1. The summed E-state index contributed by atoms with van der Waals surface area (Å²) in [5.41, 5.74) is 1.20. The summed E-state index contributed by atoms with van der Waals surface area (Å²) in [7, 11) is 0. The van der Waals surface area contributed by atoms with Gasteiger partial charge in [-0.2, -0.15) is 0 Å². The Balaban J connectivity index is 3.45. The molecule has 104 valence electrons. The van der Waals surface area contributed by atoms with E-state index in [9.17, 15) is 4.79 Å². The molecule has 0 saturated heterocycles. The van der Waals surface area contributed by atoms with Crippen molar-refractivity contribution < 1.29 is 9.53 Å². The van der Waals surface area contributed by atoms with Gasteiger partial charge in [0.15, 0.2) is 0 Å². The van der Waals surface area contributed by atoms with E-state index in [2.05, 4.69) is 25.7 Å². The lowest BCUT2D eigenvalue weighted by atomic mass is 10.1. The molecule has 18 heavy (non-hydrogen) atoms. The molecule has 0 heterocycles. The Bertz CT molecular complexity index is 254. The largest absolute Gasteiger partial charge is 0.466 e. The highest BCUT2D eigenvalue weighted by molar-refractivity contribution is 5.69. The average molecular weight is 252 g/mol. The molecule has 0 aromatic carbocycles. The molecule has 0 bridgehead atoms. The second kappa shape index (κ2) is 12.4. The van der Waals surface area contributed by atoms with Crippen LogP contribution in [0, 0.1) is 0 Å². The number of unbranched alkanes of at least 4 members (excludes halogenated alkanes) is 3. The third kappa shape index (κ3) is 11.4. The molecule has 0 rings (SSSR count). The van der Waals surface area contributed by atoms with E-state index in [-0.39, 0.29) is 5.97 Å². The molecular weight excluding hydrogens is 224 g/mol. The van der Waals surface area contributed by atoms with Gasteiger partial charge in [-0.15, -0.1) is 0 Å². The van der Waals surface area contributed by atoms with Gasteiger partial charge >= 0.3 is 5.97 Å². The van der Waals surface area contributed by atoms with Crippen LogP contribution in [-0.2, 0) is 9.53 Å². The number of hydrogen-bond acceptors (Lipinski definition) is 2. The Labute approximate surface area is 112 Å². The summed E-state index contributed by atoms with van der Waals surface area (Å²) in [5, 5.41) is 0. The van der Waals surface area contributed by atoms with Crippen molar-refractivity contribution in [3.63, 3.8) is 0 Å². The topological polar surface area (TPSA) is 26.3 Å². The van der Waals surface area contributed by atoms with Gasteiger partial charge in [0, 0.05) is 6.42 Å². The molecule has 0 unspecified atom stereocenters. The van der Waals surface area contributed by atoms with Crippen molar-refractivity contribution in [3.8, 4) is 0 Å². The van der Waals surface area contributed by atoms with Crippen LogP contribution >= 0.6 is 0 Å². The lowest BCUT2D eigenvalue weighted by Crippen LogP contribution is -2.03. The van der Waals surface area contributed by atoms with Gasteiger partial charge in [-0.3, -0.25) is 4.79 Å². The molecule has 2 heteroatoms. The molecule has 0 radical (unpaired) electrons. The van der Waals surface area contributed by atoms with Crippen molar-refractivity contribution in [2.45, 2.75) is 65.2 Å². The quantitative estimate of drug-likeness (QED) is 0.300. The van der Waals surface area contributed by atoms with Gasteiger partial charge in [0.1, 0.15) is 0 Å². The summed E-state index contributed by atoms with van der Waals surface area (Å²) < 4.78 is 4.88. The zero-order valence-corrected chi connectivity index (χ0v) is 12.0. The summed E-state index contributed by atoms with van der Waals surface area (Å²) in [6.45, 7) is 8.55. The van der Waals surface area contributed by atoms with Crippen LogP contribution in [0.2, 0.25) is 0 Å². The molecule has 0 atom stereocenters. The SMILES string of the molecule is C=C(C/C=C/CCCCC)CCCC(=O)OCC. The fourth-order valence-corrected chi connectivity index (χ4v) is 1.70. The van der Waals surface area contributed by atoms with Crippen molar-refractivity contribution in [2.75, 3.05) is 6.61 Å². The molecule has 0 saturated carbocycles. The highest BCUT2D eigenvalue weighted by atomic mass is 16.5. The van der Waals surface area contributed by atoms with E-state index < -0.39 is 0 Å². The maximum absolute atomic E-state index is 11.1. The van der Waals surface area contributed by atoms with Crippen molar-refractivity contribution in [2.24, 2.45) is 0 Å². The number of allylic oxidation sites excluding steroid dienone is 3. The highest BCUT2D eigenvalue weighted by Crippen LogP contribution is 2.11. The van der Waals surface area contributed by atoms with Crippen molar-refractivity contribution in [1.82, 2.24) is 0 Å². The maximum Gasteiger partial charge on any atom is 0.305 e. The lowest BCUT2D eigenvalue weighted by Gasteiger charge is -2.03. The molecule has 0 aliphatic rings. The molecular formula is C16H28O2. The molecule has 0 aromatic heterocycles. The third-order valence-electron chi connectivity index (χ3n) is 2.76. The van der Waals surface area contributed by atoms with Crippen molar-refractivity contribution in [3.05, 3.63) is 24.3 Å². The van der Waals surface area contributed by atoms with E-state index in [1.807, 2.05) is 6.92 Å². The van der Waals surface area contributed by atoms with E-state index in [4.69, 9.17) is 4.74 Å². The normalized spacial score (nSPS) is 10.8. The zero-order chi connectivity index (χ0) is 13.6. The van der Waals surface area contributed by atoms with Gasteiger partial charge in [-0.25, -0.2) is 0 Å². The van der Waals surface area contributed by atoms with E-state index in [1.165, 1.54) is 31.3 Å². The van der Waals surface area contributed by atoms with E-state index in [1.54, 1.807) is 0 Å². The average Bonchev–Trinajstić information content (AvgIpc) is 2.34. The summed E-state index contributed by atoms with van der Waals surface area (Å²) >= 11 is 0. The van der Waals surface area contributed by atoms with Crippen LogP contribution in [0.3, 0.4) is 0 Å². The smallest absolute Gasteiger partial charge is 0.305 e. The van der Waals surface area contributed by atoms with E-state index in [0.29, 0.717) is 13.0 Å². The van der Waals surface area contributed by atoms with Crippen LogP contribution in [0.25, 0.3) is 0 Å². The highest BCUT2D eigenvalue weighted by Gasteiger charge is 2.01. The number of rotatable bonds is 11. The van der Waals surface area contributed by atoms with Crippen molar-refractivity contribution >= 4 is 5.97 Å². The lowest BCUT2D eigenvalue weighted by molar-refractivity contribution is -0.143. The third-order valence-corrected chi connectivity index (χ3v) is 2.76. The standard InChI is InChI=1S/C16H28O2/c1-4-6-7-8-9-10-12-15(3)13-11-14-16(17)18-5-2/h9-10H,3-8,11-14H2,1-2H3/b10-9+. The molecule has 0 fully saturated rings. The molecule has 0 aromatic rings. The van der Waals surface area contributed by atoms with Crippen molar-refractivity contribution in [1.29, 1.82) is 0 Å². The molecule has 2 nitrogen and oxygen atoms in total. The molecule has 0 spiro atoms. The van der Waals surface area contributed by atoms with Gasteiger partial charge in [0.25, 0.3) is 0 Å². The monoisotopic (exact) mass is 252 g/mol. The fourth-order valence-electron chi connectivity index (χ4n) is 1.70. The second-order valence-corrected chi connectivity index (χ2v) is 4.58. The Morgan fingerprint density at radius 3 is 2.56 bits per heavy atom. The Kier molecular flexibility index (Phi) is 11.7. The number of hydrogen-bond donors (Lipinski definition) is 0. The number of carbonyl (C=O) groups excluding carboxylic acids is 1. The summed E-state index contributed by atoms with van der Waals surface area (Å²) in [4.78, 5) is 11.1. The fraction of sp³-hybridized carbons (Fsp3) is 0.688. The van der Waals surface area contributed by atoms with Gasteiger partial charge in [0.2, 0.25) is 0 Å². The molecule has 0 N–H and O–H groups in total. The van der Waals surface area contributed by atoms with E-state index in [0.717, 1.165) is 19.3 Å². The molecule has 0 aliphatic carbocycles. The van der Waals surface area contributed by atoms with Gasteiger partial charge in [-0.1, -0.05) is 44.1 Å². The van der Waals surface area contributed by atoms with Crippen LogP contribution in [0.5, 0.6) is 0 Å². The van der Waals surface area contributed by atoms with E-state index >= 15 is 0 Å². The van der Waals surface area contributed by atoms with Gasteiger partial charge in [0.05, 0.1) is 6.61 Å². The van der Waals surface area contributed by atoms with Gasteiger partial charge < -0.3 is 4.74 Å². The van der Waals surface area contributed by atoms with Crippen LogP contribution in [0.4, 0.5) is 0 Å². The van der Waals surface area contributed by atoms with Crippen LogP contribution in [0.1, 0.15) is 65.2 Å². The summed E-state index contributed by atoms with van der Waals surface area (Å²) in [6.07, 6.45) is 12.7. The first kappa shape index (κ1) is 16.9. The minimum Gasteiger partial charge on any atom is -0.466 e. The zero-order valence-electron chi connectivity index (χ0n) is 12.0. The Hall–Kier alpha value is -1.05. The minimum atomic E-state index is -0.0968. The first-order valence-corrected chi connectivity index (χ1v) is 7.18. The summed E-state index contributed by atoms with van der Waals surface area (Å²) in [6, 6.07) is 0. The molecule has 0 amide bonds. The first-order valence-electron chi connectivity index (χ1n) is 7.18. The van der Waals surface area contributed by atoms with Crippen LogP contribution in [-0.4, -0.2) is 12.6 Å². The maximum atomic E-state index is 11.1. The number of carbonyl (C=O) groups is 1. The molecule has 0 aliphatic heterocycles. The summed E-state index contributed by atoms with van der Waals surface area (Å²) in [5.74, 6) is -0.0968. The predicted octanol–water partition coefficient (Wildman–Crippen LogP) is 4.80.